The van der Waals surface area contributed by atoms with Crippen molar-refractivity contribution in [1.82, 2.24) is 5.32 Å². The zero-order valence-electron chi connectivity index (χ0n) is 13.4. The van der Waals surface area contributed by atoms with Crippen LogP contribution >= 0.6 is 0 Å². The van der Waals surface area contributed by atoms with Crippen LogP contribution in [0.4, 0.5) is 5.69 Å². The molecule has 2 rings (SSSR count). The highest BCUT2D eigenvalue weighted by Gasteiger charge is 2.33. The average Bonchev–Trinajstić information content (AvgIpc) is 2.46. The van der Waals surface area contributed by atoms with E-state index in [0.29, 0.717) is 5.41 Å². The Bertz CT molecular complexity index is 402. The number of nitrogens with one attached hydrogen (secondary N) is 1. The quantitative estimate of drug-likeness (QED) is 0.843. The molecular weight excluding hydrogens is 244 g/mol. The molecule has 1 aliphatic carbocycles. The second-order valence-corrected chi connectivity index (χ2v) is 6.44. The highest BCUT2D eigenvalue weighted by atomic mass is 15.1. The third-order valence-corrected chi connectivity index (χ3v) is 4.74. The third kappa shape index (κ3) is 3.76. The van der Waals surface area contributed by atoms with Gasteiger partial charge in [0.25, 0.3) is 0 Å². The monoisotopic (exact) mass is 274 g/mol. The Balaban J connectivity index is 2.14. The summed E-state index contributed by atoms with van der Waals surface area (Å²) in [6.07, 6.45) is 6.95. The lowest BCUT2D eigenvalue weighted by Gasteiger charge is -2.42. The Hall–Kier alpha value is -1.02. The summed E-state index contributed by atoms with van der Waals surface area (Å²) in [5, 5.41) is 3.44. The van der Waals surface area contributed by atoms with Gasteiger partial charge in [0.05, 0.1) is 0 Å². The molecule has 1 aromatic carbocycles. The SMILES string of the molecule is CCN(CC1(CNC)CCCCC1)c1cccc(C)c1. The summed E-state index contributed by atoms with van der Waals surface area (Å²) in [6.45, 7) is 7.89. The predicted molar refractivity (Wildman–Crippen MR) is 88.5 cm³/mol. The molecule has 0 spiro atoms. The van der Waals surface area contributed by atoms with Crippen LogP contribution in [0.3, 0.4) is 0 Å². The van der Waals surface area contributed by atoms with Crippen molar-refractivity contribution in [2.45, 2.75) is 46.0 Å². The van der Waals surface area contributed by atoms with Gasteiger partial charge in [-0.2, -0.15) is 0 Å². The summed E-state index contributed by atoms with van der Waals surface area (Å²) >= 11 is 0. The first-order valence-electron chi connectivity index (χ1n) is 8.15. The zero-order valence-corrected chi connectivity index (χ0v) is 13.4. The number of hydrogen-bond donors (Lipinski definition) is 1. The molecule has 1 N–H and O–H groups in total. The smallest absolute Gasteiger partial charge is 0.0368 e. The zero-order chi connectivity index (χ0) is 14.4. The maximum Gasteiger partial charge on any atom is 0.0368 e. The maximum atomic E-state index is 3.44. The molecule has 20 heavy (non-hydrogen) atoms. The Morgan fingerprint density at radius 3 is 2.55 bits per heavy atom. The number of nitrogens with zero attached hydrogens (tertiary/aromatic N) is 1. The van der Waals surface area contributed by atoms with Gasteiger partial charge in [0.2, 0.25) is 0 Å². The average molecular weight is 274 g/mol. The van der Waals surface area contributed by atoms with Crippen LogP contribution in [0.25, 0.3) is 0 Å². The molecule has 0 heterocycles. The molecule has 0 saturated heterocycles. The van der Waals surface area contributed by atoms with Gasteiger partial charge in [0.1, 0.15) is 0 Å². The normalized spacial score (nSPS) is 17.9. The Morgan fingerprint density at radius 2 is 1.95 bits per heavy atom. The third-order valence-electron chi connectivity index (χ3n) is 4.74. The lowest BCUT2D eigenvalue weighted by Crippen LogP contribution is -2.45. The van der Waals surface area contributed by atoms with Crippen LogP contribution in [0.15, 0.2) is 24.3 Å². The van der Waals surface area contributed by atoms with Crippen molar-refractivity contribution in [2.75, 3.05) is 31.6 Å². The van der Waals surface area contributed by atoms with E-state index in [9.17, 15) is 0 Å². The molecule has 112 valence electrons. The van der Waals surface area contributed by atoms with Gasteiger partial charge in [-0.25, -0.2) is 0 Å². The molecule has 0 unspecified atom stereocenters. The first-order chi connectivity index (χ1) is 9.69. The van der Waals surface area contributed by atoms with E-state index in [0.717, 1.165) is 13.1 Å². The van der Waals surface area contributed by atoms with E-state index in [2.05, 4.69) is 55.4 Å². The minimum atomic E-state index is 0.465. The standard InChI is InChI=1S/C18H30N2/c1-4-20(17-10-8-9-16(2)13-17)15-18(14-19-3)11-6-5-7-12-18/h8-10,13,19H,4-7,11-12,14-15H2,1-3H3. The van der Waals surface area contributed by atoms with Gasteiger partial charge in [0.15, 0.2) is 0 Å². The van der Waals surface area contributed by atoms with Gasteiger partial charge < -0.3 is 10.2 Å². The van der Waals surface area contributed by atoms with Gasteiger partial charge >= 0.3 is 0 Å². The van der Waals surface area contributed by atoms with E-state index in [1.54, 1.807) is 0 Å². The molecular formula is C18H30N2. The fourth-order valence-corrected chi connectivity index (χ4v) is 3.68. The molecule has 2 nitrogen and oxygen atoms in total. The Kier molecular flexibility index (Phi) is 5.47. The molecule has 0 atom stereocenters. The molecule has 0 aromatic heterocycles. The van der Waals surface area contributed by atoms with E-state index in [1.807, 2.05) is 0 Å². The highest BCUT2D eigenvalue weighted by Crippen LogP contribution is 2.37. The van der Waals surface area contributed by atoms with Crippen molar-refractivity contribution in [1.29, 1.82) is 0 Å². The second kappa shape index (κ2) is 7.12. The molecule has 0 amide bonds. The van der Waals surface area contributed by atoms with Crippen LogP contribution in [0.1, 0.15) is 44.6 Å². The van der Waals surface area contributed by atoms with Gasteiger partial charge in [-0.3, -0.25) is 0 Å². The molecule has 0 aliphatic heterocycles. The van der Waals surface area contributed by atoms with E-state index >= 15 is 0 Å². The van der Waals surface area contributed by atoms with E-state index in [1.165, 1.54) is 49.9 Å². The molecule has 2 heteroatoms. The topological polar surface area (TPSA) is 15.3 Å². The van der Waals surface area contributed by atoms with Crippen molar-refractivity contribution >= 4 is 5.69 Å². The second-order valence-electron chi connectivity index (χ2n) is 6.44. The fourth-order valence-electron chi connectivity index (χ4n) is 3.68. The Morgan fingerprint density at radius 1 is 1.20 bits per heavy atom. The van der Waals surface area contributed by atoms with Gasteiger partial charge in [-0.05, 0) is 51.4 Å². The van der Waals surface area contributed by atoms with Crippen molar-refractivity contribution in [3.63, 3.8) is 0 Å². The summed E-state index contributed by atoms with van der Waals surface area (Å²) in [6, 6.07) is 8.94. The van der Waals surface area contributed by atoms with Crippen molar-refractivity contribution in [3.8, 4) is 0 Å². The lowest BCUT2D eigenvalue weighted by atomic mass is 9.73. The first-order valence-corrected chi connectivity index (χ1v) is 8.15. The summed E-state index contributed by atoms with van der Waals surface area (Å²) in [5.74, 6) is 0. The van der Waals surface area contributed by atoms with Crippen LogP contribution in [-0.2, 0) is 0 Å². The van der Waals surface area contributed by atoms with E-state index < -0.39 is 0 Å². The largest absolute Gasteiger partial charge is 0.371 e. The minimum Gasteiger partial charge on any atom is -0.371 e. The minimum absolute atomic E-state index is 0.465. The van der Waals surface area contributed by atoms with Crippen molar-refractivity contribution < 1.29 is 0 Å². The summed E-state index contributed by atoms with van der Waals surface area (Å²) in [4.78, 5) is 2.57. The molecule has 1 saturated carbocycles. The molecule has 1 aromatic rings. The van der Waals surface area contributed by atoms with E-state index in [-0.39, 0.29) is 0 Å². The fraction of sp³-hybridized carbons (Fsp3) is 0.667. The van der Waals surface area contributed by atoms with Crippen molar-refractivity contribution in [2.24, 2.45) is 5.41 Å². The number of rotatable bonds is 6. The van der Waals surface area contributed by atoms with Crippen LogP contribution < -0.4 is 10.2 Å². The van der Waals surface area contributed by atoms with Crippen molar-refractivity contribution in [3.05, 3.63) is 29.8 Å². The number of hydrogen-bond acceptors (Lipinski definition) is 2. The molecule has 0 radical (unpaired) electrons. The van der Waals surface area contributed by atoms with Gasteiger partial charge in [-0.15, -0.1) is 0 Å². The maximum absolute atomic E-state index is 3.44. The summed E-state index contributed by atoms with van der Waals surface area (Å²) in [5.41, 5.74) is 3.20. The molecule has 0 bridgehead atoms. The van der Waals surface area contributed by atoms with Crippen LogP contribution in [-0.4, -0.2) is 26.7 Å². The van der Waals surface area contributed by atoms with Crippen LogP contribution in [0.2, 0.25) is 0 Å². The lowest BCUT2D eigenvalue weighted by molar-refractivity contribution is 0.192. The van der Waals surface area contributed by atoms with Crippen LogP contribution in [0, 0.1) is 12.3 Å². The highest BCUT2D eigenvalue weighted by molar-refractivity contribution is 5.48. The number of anilines is 1. The van der Waals surface area contributed by atoms with Gasteiger partial charge in [-0.1, -0.05) is 31.4 Å². The predicted octanol–water partition coefficient (Wildman–Crippen LogP) is 3.99. The molecule has 1 aliphatic rings. The molecule has 1 fully saturated rings. The van der Waals surface area contributed by atoms with Crippen LogP contribution in [0.5, 0.6) is 0 Å². The van der Waals surface area contributed by atoms with Gasteiger partial charge in [0, 0.05) is 30.7 Å². The summed E-state index contributed by atoms with van der Waals surface area (Å²) < 4.78 is 0. The number of aryl methyl sites for hydroxylation is 1. The Labute approximate surface area is 124 Å². The first kappa shape index (κ1) is 15.4. The summed E-state index contributed by atoms with van der Waals surface area (Å²) in [7, 11) is 2.10. The number of benzene rings is 1. The van der Waals surface area contributed by atoms with E-state index in [4.69, 9.17) is 0 Å².